The SMILES string of the molecule is COc1ccccc1-c1nnc(C2CCN(C(=O)c3ccc(F)cc3F)CC2)o1. The number of para-hydroxylation sites is 1. The van der Waals surface area contributed by atoms with Gasteiger partial charge in [-0.1, -0.05) is 12.1 Å². The average Bonchev–Trinajstić information content (AvgIpc) is 3.23. The molecule has 29 heavy (non-hydrogen) atoms. The van der Waals surface area contributed by atoms with E-state index in [2.05, 4.69) is 10.2 Å². The molecule has 2 aromatic carbocycles. The van der Waals surface area contributed by atoms with Gasteiger partial charge in [-0.3, -0.25) is 4.79 Å². The third-order valence-corrected chi connectivity index (χ3v) is 5.07. The summed E-state index contributed by atoms with van der Waals surface area (Å²) >= 11 is 0. The first kappa shape index (κ1) is 19.0. The van der Waals surface area contributed by atoms with Crippen molar-refractivity contribution in [2.45, 2.75) is 18.8 Å². The predicted octanol–water partition coefficient (Wildman–Crippen LogP) is 4.04. The molecule has 1 aliphatic heterocycles. The lowest BCUT2D eigenvalue weighted by Gasteiger charge is -2.30. The maximum Gasteiger partial charge on any atom is 0.256 e. The zero-order chi connectivity index (χ0) is 20.4. The number of benzene rings is 2. The van der Waals surface area contributed by atoms with Crippen molar-refractivity contribution in [1.29, 1.82) is 0 Å². The summed E-state index contributed by atoms with van der Waals surface area (Å²) in [7, 11) is 1.58. The summed E-state index contributed by atoms with van der Waals surface area (Å²) in [4.78, 5) is 14.1. The number of hydrogen-bond donors (Lipinski definition) is 0. The standard InChI is InChI=1S/C21H19F2N3O3/c1-28-18-5-3-2-4-16(18)20-25-24-19(29-20)13-8-10-26(11-9-13)21(27)15-7-6-14(22)12-17(15)23/h2-7,12-13H,8-11H2,1H3. The van der Waals surface area contributed by atoms with Crippen LogP contribution in [-0.2, 0) is 0 Å². The Hall–Kier alpha value is -3.29. The van der Waals surface area contributed by atoms with Gasteiger partial charge in [0.2, 0.25) is 5.89 Å². The van der Waals surface area contributed by atoms with E-state index in [9.17, 15) is 13.6 Å². The molecule has 0 N–H and O–H groups in total. The van der Waals surface area contributed by atoms with Gasteiger partial charge in [0.25, 0.3) is 11.8 Å². The van der Waals surface area contributed by atoms with Crippen LogP contribution < -0.4 is 4.74 Å². The summed E-state index contributed by atoms with van der Waals surface area (Å²) < 4.78 is 38.1. The number of halogens is 2. The summed E-state index contributed by atoms with van der Waals surface area (Å²) in [5, 5.41) is 8.30. The van der Waals surface area contributed by atoms with Crippen LogP contribution in [0.2, 0.25) is 0 Å². The number of amides is 1. The maximum atomic E-state index is 13.9. The minimum Gasteiger partial charge on any atom is -0.496 e. The van der Waals surface area contributed by atoms with Crippen molar-refractivity contribution in [2.75, 3.05) is 20.2 Å². The largest absolute Gasteiger partial charge is 0.496 e. The van der Waals surface area contributed by atoms with Gasteiger partial charge in [-0.2, -0.15) is 0 Å². The molecular weight excluding hydrogens is 380 g/mol. The van der Waals surface area contributed by atoms with E-state index in [1.54, 1.807) is 12.0 Å². The molecule has 1 fully saturated rings. The van der Waals surface area contributed by atoms with Crippen LogP contribution in [0.25, 0.3) is 11.5 Å². The molecule has 0 spiro atoms. The molecule has 0 aliphatic carbocycles. The summed E-state index contributed by atoms with van der Waals surface area (Å²) in [6.07, 6.45) is 1.23. The lowest BCUT2D eigenvalue weighted by molar-refractivity contribution is 0.0701. The van der Waals surface area contributed by atoms with Crippen LogP contribution in [0.4, 0.5) is 8.78 Å². The van der Waals surface area contributed by atoms with E-state index in [-0.39, 0.29) is 11.5 Å². The molecule has 8 heteroatoms. The Morgan fingerprint density at radius 3 is 2.62 bits per heavy atom. The molecule has 3 aromatic rings. The van der Waals surface area contributed by atoms with Crippen molar-refractivity contribution in [3.63, 3.8) is 0 Å². The Labute approximate surface area is 166 Å². The van der Waals surface area contributed by atoms with Crippen molar-refractivity contribution in [3.8, 4) is 17.2 Å². The van der Waals surface area contributed by atoms with Gasteiger partial charge in [-0.15, -0.1) is 10.2 Å². The highest BCUT2D eigenvalue weighted by atomic mass is 19.1. The number of hydrogen-bond acceptors (Lipinski definition) is 5. The van der Waals surface area contributed by atoms with Crippen LogP contribution in [0.15, 0.2) is 46.9 Å². The minimum atomic E-state index is -0.851. The lowest BCUT2D eigenvalue weighted by Crippen LogP contribution is -2.38. The number of piperidine rings is 1. The van der Waals surface area contributed by atoms with Crippen LogP contribution >= 0.6 is 0 Å². The Bertz CT molecular complexity index is 1030. The summed E-state index contributed by atoms with van der Waals surface area (Å²) in [5.74, 6) is -0.468. The second-order valence-electron chi connectivity index (χ2n) is 6.84. The Balaban J connectivity index is 1.44. The highest BCUT2D eigenvalue weighted by Crippen LogP contribution is 2.33. The molecule has 150 valence electrons. The summed E-state index contributed by atoms with van der Waals surface area (Å²) in [6.45, 7) is 0.847. The first-order valence-corrected chi connectivity index (χ1v) is 9.28. The van der Waals surface area contributed by atoms with Crippen LogP contribution in [0.1, 0.15) is 35.0 Å². The van der Waals surface area contributed by atoms with E-state index in [1.165, 1.54) is 6.07 Å². The van der Waals surface area contributed by atoms with Crippen molar-refractivity contribution in [3.05, 3.63) is 65.6 Å². The number of likely N-dealkylation sites (tertiary alicyclic amines) is 1. The van der Waals surface area contributed by atoms with E-state index < -0.39 is 17.5 Å². The molecule has 6 nitrogen and oxygen atoms in total. The molecule has 1 amide bonds. The van der Waals surface area contributed by atoms with Crippen molar-refractivity contribution in [2.24, 2.45) is 0 Å². The van der Waals surface area contributed by atoms with Gasteiger partial charge < -0.3 is 14.1 Å². The van der Waals surface area contributed by atoms with Gasteiger partial charge in [0.15, 0.2) is 0 Å². The number of ether oxygens (including phenoxy) is 1. The molecule has 1 aromatic heterocycles. The lowest BCUT2D eigenvalue weighted by atomic mass is 9.96. The third kappa shape index (κ3) is 3.83. The third-order valence-electron chi connectivity index (χ3n) is 5.07. The smallest absolute Gasteiger partial charge is 0.256 e. The highest BCUT2D eigenvalue weighted by molar-refractivity contribution is 5.94. The first-order chi connectivity index (χ1) is 14.1. The molecule has 0 radical (unpaired) electrons. The topological polar surface area (TPSA) is 68.5 Å². The van der Waals surface area contributed by atoms with Crippen molar-refractivity contribution in [1.82, 2.24) is 15.1 Å². The Kier molecular flexibility index (Phi) is 5.24. The molecule has 0 unspecified atom stereocenters. The predicted molar refractivity (Wildman–Crippen MR) is 101 cm³/mol. The zero-order valence-corrected chi connectivity index (χ0v) is 15.8. The van der Waals surface area contributed by atoms with Gasteiger partial charge >= 0.3 is 0 Å². The number of nitrogens with zero attached hydrogens (tertiary/aromatic N) is 3. The second-order valence-corrected chi connectivity index (χ2v) is 6.84. The fourth-order valence-electron chi connectivity index (χ4n) is 3.49. The number of methoxy groups -OCH3 is 1. The molecule has 0 atom stereocenters. The van der Waals surface area contributed by atoms with Crippen LogP contribution in [0.3, 0.4) is 0 Å². The van der Waals surface area contributed by atoms with Gasteiger partial charge in [0.1, 0.15) is 17.4 Å². The quantitative estimate of drug-likeness (QED) is 0.662. The number of rotatable bonds is 4. The highest BCUT2D eigenvalue weighted by Gasteiger charge is 2.29. The molecule has 1 aliphatic rings. The van der Waals surface area contributed by atoms with Gasteiger partial charge in [0, 0.05) is 25.1 Å². The van der Waals surface area contributed by atoms with Crippen LogP contribution in [0.5, 0.6) is 5.75 Å². The van der Waals surface area contributed by atoms with E-state index >= 15 is 0 Å². The monoisotopic (exact) mass is 399 g/mol. The maximum absolute atomic E-state index is 13.9. The summed E-state index contributed by atoms with van der Waals surface area (Å²) in [5.41, 5.74) is 0.592. The van der Waals surface area contributed by atoms with Crippen LogP contribution in [0, 0.1) is 11.6 Å². The minimum absolute atomic E-state index is 0.00747. The van der Waals surface area contributed by atoms with Crippen LogP contribution in [-0.4, -0.2) is 41.2 Å². The van der Waals surface area contributed by atoms with Crippen molar-refractivity contribution < 1.29 is 22.7 Å². The fourth-order valence-corrected chi connectivity index (χ4v) is 3.49. The average molecular weight is 399 g/mol. The van der Waals surface area contributed by atoms with E-state index in [4.69, 9.17) is 9.15 Å². The van der Waals surface area contributed by atoms with E-state index in [0.717, 1.165) is 12.1 Å². The van der Waals surface area contributed by atoms with Gasteiger partial charge in [0.05, 0.1) is 18.2 Å². The molecule has 1 saturated heterocycles. The molecule has 0 saturated carbocycles. The van der Waals surface area contributed by atoms with E-state index in [0.29, 0.717) is 49.0 Å². The first-order valence-electron chi connectivity index (χ1n) is 9.28. The molecule has 0 bridgehead atoms. The molecular formula is C21H19F2N3O3. The zero-order valence-electron chi connectivity index (χ0n) is 15.8. The Morgan fingerprint density at radius 1 is 1.14 bits per heavy atom. The van der Waals surface area contributed by atoms with E-state index in [1.807, 2.05) is 24.3 Å². The van der Waals surface area contributed by atoms with Gasteiger partial charge in [-0.05, 0) is 37.1 Å². The second kappa shape index (κ2) is 7.98. The molecule has 4 rings (SSSR count). The number of carbonyl (C=O) groups is 1. The number of aromatic nitrogens is 2. The molecule has 2 heterocycles. The normalized spacial score (nSPS) is 14.8. The Morgan fingerprint density at radius 2 is 1.90 bits per heavy atom. The van der Waals surface area contributed by atoms with Crippen molar-refractivity contribution >= 4 is 5.91 Å². The number of carbonyl (C=O) groups excluding carboxylic acids is 1. The van der Waals surface area contributed by atoms with Gasteiger partial charge in [-0.25, -0.2) is 8.78 Å². The summed E-state index contributed by atoms with van der Waals surface area (Å²) in [6, 6.07) is 10.4. The fraction of sp³-hybridized carbons (Fsp3) is 0.286.